The third kappa shape index (κ3) is 1.64. The third-order valence-electron chi connectivity index (χ3n) is 1.67. The largest absolute Gasteiger partial charge is 0.452 e. The van der Waals surface area contributed by atoms with Crippen LogP contribution in [0.4, 0.5) is 0 Å². The van der Waals surface area contributed by atoms with Crippen molar-refractivity contribution in [3.63, 3.8) is 0 Å². The summed E-state index contributed by atoms with van der Waals surface area (Å²) in [5.41, 5.74) is 5.95. The molecule has 5 nitrogen and oxygen atoms in total. The van der Waals surface area contributed by atoms with Gasteiger partial charge < -0.3 is 14.6 Å². The monoisotopic (exact) mass is 213 g/mol. The summed E-state index contributed by atoms with van der Waals surface area (Å²) in [4.78, 5) is 0. The number of hydrogen-bond acceptors (Lipinski definition) is 5. The Morgan fingerprint density at radius 2 is 2.29 bits per heavy atom. The second-order valence-electron chi connectivity index (χ2n) is 2.65. The van der Waals surface area contributed by atoms with Gasteiger partial charge in [0.05, 0.1) is 11.8 Å². The van der Waals surface area contributed by atoms with Crippen LogP contribution in [0.5, 0.6) is 0 Å². The zero-order valence-corrected chi connectivity index (χ0v) is 7.99. The van der Waals surface area contributed by atoms with Gasteiger partial charge in [0, 0.05) is 13.0 Å². The van der Waals surface area contributed by atoms with Gasteiger partial charge in [-0.2, -0.15) is 0 Å². The zero-order chi connectivity index (χ0) is 9.97. The van der Waals surface area contributed by atoms with Crippen LogP contribution in [-0.2, 0) is 6.42 Å². The summed E-state index contributed by atoms with van der Waals surface area (Å²) >= 11 is 5.74. The fourth-order valence-corrected chi connectivity index (χ4v) is 1.23. The maximum absolute atomic E-state index is 5.74. The van der Waals surface area contributed by atoms with Crippen LogP contribution in [0, 0.1) is 0 Å². The van der Waals surface area contributed by atoms with Crippen LogP contribution < -0.4 is 5.73 Å². The quantitative estimate of drug-likeness (QED) is 0.836. The maximum atomic E-state index is 5.74. The Bertz CT molecular complexity index is 424. The van der Waals surface area contributed by atoms with Gasteiger partial charge in [-0.05, 0) is 17.7 Å². The van der Waals surface area contributed by atoms with Gasteiger partial charge in [-0.15, -0.1) is 10.2 Å². The lowest BCUT2D eigenvalue weighted by molar-refractivity contribution is 0.505. The minimum Gasteiger partial charge on any atom is -0.452 e. The molecule has 0 atom stereocenters. The average Bonchev–Trinajstić information content (AvgIpc) is 2.74. The molecule has 2 rings (SSSR count). The van der Waals surface area contributed by atoms with E-state index in [-0.39, 0.29) is 5.22 Å². The molecule has 0 radical (unpaired) electrons. The molecular weight excluding hydrogens is 206 g/mol. The van der Waals surface area contributed by atoms with Crippen LogP contribution in [0.3, 0.4) is 0 Å². The van der Waals surface area contributed by atoms with Crippen molar-refractivity contribution < 1.29 is 8.83 Å². The molecular formula is C8H8ClN3O2. The molecule has 0 aromatic carbocycles. The summed E-state index contributed by atoms with van der Waals surface area (Å²) in [5, 5.41) is 7.87. The van der Waals surface area contributed by atoms with E-state index in [2.05, 4.69) is 10.2 Å². The van der Waals surface area contributed by atoms with Gasteiger partial charge in [0.1, 0.15) is 0 Å². The summed E-state index contributed by atoms with van der Waals surface area (Å²) in [6.45, 7) is 0.473. The van der Waals surface area contributed by atoms with E-state index in [9.17, 15) is 0 Å². The molecule has 6 heteroatoms. The average molecular weight is 214 g/mol. The van der Waals surface area contributed by atoms with Crippen molar-refractivity contribution >= 4 is 11.6 Å². The molecule has 0 aliphatic carbocycles. The molecule has 2 aromatic heterocycles. The van der Waals surface area contributed by atoms with Crippen LogP contribution in [-0.4, -0.2) is 16.7 Å². The first-order chi connectivity index (χ1) is 6.81. The van der Waals surface area contributed by atoms with Gasteiger partial charge in [-0.1, -0.05) is 0 Å². The Balaban J connectivity index is 2.29. The standard InChI is InChI=1S/C8H8ClN3O2/c9-7-5(2-4-13-7)8-12-11-6(14-8)1-3-10/h2,4H,1,3,10H2. The number of aromatic nitrogens is 2. The van der Waals surface area contributed by atoms with E-state index < -0.39 is 0 Å². The minimum atomic E-state index is 0.243. The van der Waals surface area contributed by atoms with Crippen molar-refractivity contribution in [1.29, 1.82) is 0 Å². The van der Waals surface area contributed by atoms with Crippen molar-refractivity contribution in [3.8, 4) is 11.5 Å². The van der Waals surface area contributed by atoms with Crippen molar-refractivity contribution in [3.05, 3.63) is 23.4 Å². The van der Waals surface area contributed by atoms with Crippen LogP contribution >= 0.6 is 11.6 Å². The number of nitrogens with two attached hydrogens (primary N) is 1. The van der Waals surface area contributed by atoms with E-state index in [1.165, 1.54) is 6.26 Å². The lowest BCUT2D eigenvalue weighted by Gasteiger charge is -1.88. The van der Waals surface area contributed by atoms with E-state index in [1.807, 2.05) is 0 Å². The number of hydrogen-bond donors (Lipinski definition) is 1. The van der Waals surface area contributed by atoms with Crippen LogP contribution in [0.1, 0.15) is 5.89 Å². The van der Waals surface area contributed by atoms with Gasteiger partial charge in [0.25, 0.3) is 5.89 Å². The number of nitrogens with zero attached hydrogens (tertiary/aromatic N) is 2. The smallest absolute Gasteiger partial charge is 0.252 e. The molecule has 14 heavy (non-hydrogen) atoms. The first kappa shape index (κ1) is 9.23. The third-order valence-corrected chi connectivity index (χ3v) is 1.97. The first-order valence-corrected chi connectivity index (χ1v) is 4.45. The molecule has 2 aromatic rings. The van der Waals surface area contributed by atoms with Gasteiger partial charge in [0.15, 0.2) is 0 Å². The summed E-state index contributed by atoms with van der Waals surface area (Å²) in [6, 6.07) is 1.67. The van der Waals surface area contributed by atoms with E-state index in [1.54, 1.807) is 6.07 Å². The fourth-order valence-electron chi connectivity index (χ4n) is 1.03. The van der Waals surface area contributed by atoms with Gasteiger partial charge in [-0.25, -0.2) is 0 Å². The zero-order valence-electron chi connectivity index (χ0n) is 7.24. The van der Waals surface area contributed by atoms with E-state index in [0.29, 0.717) is 30.3 Å². The Morgan fingerprint density at radius 1 is 1.43 bits per heavy atom. The van der Waals surface area contributed by atoms with Gasteiger partial charge >= 0.3 is 0 Å². The highest BCUT2D eigenvalue weighted by Crippen LogP contribution is 2.27. The van der Waals surface area contributed by atoms with Crippen molar-refractivity contribution in [2.75, 3.05) is 6.54 Å². The fraction of sp³-hybridized carbons (Fsp3) is 0.250. The van der Waals surface area contributed by atoms with Crippen molar-refractivity contribution in [2.45, 2.75) is 6.42 Å². The Hall–Kier alpha value is -1.33. The molecule has 0 aliphatic heterocycles. The van der Waals surface area contributed by atoms with E-state index in [4.69, 9.17) is 26.2 Å². The molecule has 0 amide bonds. The van der Waals surface area contributed by atoms with Crippen molar-refractivity contribution in [2.24, 2.45) is 5.73 Å². The van der Waals surface area contributed by atoms with Gasteiger partial charge in [0.2, 0.25) is 11.1 Å². The second-order valence-corrected chi connectivity index (χ2v) is 2.99. The lowest BCUT2D eigenvalue weighted by Crippen LogP contribution is -2.02. The highest BCUT2D eigenvalue weighted by atomic mass is 35.5. The molecule has 2 heterocycles. The molecule has 74 valence electrons. The Kier molecular flexibility index (Phi) is 2.51. The summed E-state index contributed by atoms with van der Waals surface area (Å²) in [6.07, 6.45) is 2.02. The number of furan rings is 1. The molecule has 0 bridgehead atoms. The van der Waals surface area contributed by atoms with E-state index in [0.717, 1.165) is 0 Å². The Labute approximate surface area is 84.9 Å². The van der Waals surface area contributed by atoms with Crippen LogP contribution in [0.2, 0.25) is 5.22 Å². The van der Waals surface area contributed by atoms with Crippen LogP contribution in [0.15, 0.2) is 21.2 Å². The lowest BCUT2D eigenvalue weighted by atomic mass is 10.3. The molecule has 2 N–H and O–H groups in total. The van der Waals surface area contributed by atoms with E-state index >= 15 is 0 Å². The normalized spacial score (nSPS) is 10.7. The topological polar surface area (TPSA) is 78.1 Å². The number of halogens is 1. The van der Waals surface area contributed by atoms with Crippen molar-refractivity contribution in [1.82, 2.24) is 10.2 Å². The number of rotatable bonds is 3. The highest BCUT2D eigenvalue weighted by Gasteiger charge is 2.13. The molecule has 0 spiro atoms. The predicted molar refractivity (Wildman–Crippen MR) is 49.8 cm³/mol. The molecule has 0 saturated heterocycles. The van der Waals surface area contributed by atoms with Gasteiger partial charge in [-0.3, -0.25) is 0 Å². The maximum Gasteiger partial charge on any atom is 0.252 e. The molecule has 0 saturated carbocycles. The van der Waals surface area contributed by atoms with Crippen LogP contribution in [0.25, 0.3) is 11.5 Å². The molecule has 0 fully saturated rings. The summed E-state index contributed by atoms with van der Waals surface area (Å²) in [7, 11) is 0. The summed E-state index contributed by atoms with van der Waals surface area (Å²) in [5.74, 6) is 0.854. The molecule has 0 unspecified atom stereocenters. The Morgan fingerprint density at radius 3 is 2.93 bits per heavy atom. The minimum absolute atomic E-state index is 0.243. The highest BCUT2D eigenvalue weighted by molar-refractivity contribution is 6.31. The predicted octanol–water partition coefficient (Wildman–Crippen LogP) is 1.48. The first-order valence-electron chi connectivity index (χ1n) is 4.07. The SMILES string of the molecule is NCCc1nnc(-c2ccoc2Cl)o1. The summed E-state index contributed by atoms with van der Waals surface area (Å²) < 4.78 is 10.2. The molecule has 0 aliphatic rings. The second kappa shape index (κ2) is 3.81.